The first-order chi connectivity index (χ1) is 19.6. The van der Waals surface area contributed by atoms with Crippen LogP contribution < -0.4 is 11.0 Å². The summed E-state index contributed by atoms with van der Waals surface area (Å²) >= 11 is 0. The molecule has 9 nitrogen and oxygen atoms in total. The van der Waals surface area contributed by atoms with Crippen molar-refractivity contribution in [2.75, 3.05) is 0 Å². The van der Waals surface area contributed by atoms with Crippen molar-refractivity contribution >= 4 is 6.03 Å². The molecule has 2 aromatic carbocycles. The summed E-state index contributed by atoms with van der Waals surface area (Å²) in [5.74, 6) is 0. The second-order valence-corrected chi connectivity index (χ2v) is 9.17. The van der Waals surface area contributed by atoms with Crippen molar-refractivity contribution in [3.05, 3.63) is 118 Å². The summed E-state index contributed by atoms with van der Waals surface area (Å²) in [5.41, 5.74) is 0.543. The van der Waals surface area contributed by atoms with Crippen LogP contribution in [0.25, 0.3) is 22.8 Å². The molecule has 41 heavy (non-hydrogen) atoms. The van der Waals surface area contributed by atoms with E-state index in [1.54, 1.807) is 68.7 Å². The van der Waals surface area contributed by atoms with Gasteiger partial charge in [-0.3, -0.25) is 9.55 Å². The van der Waals surface area contributed by atoms with Crippen molar-refractivity contribution in [3.8, 4) is 28.8 Å². The topological polar surface area (TPSA) is 111 Å². The third-order valence-electron chi connectivity index (χ3n) is 6.59. The summed E-state index contributed by atoms with van der Waals surface area (Å²) in [4.78, 5) is 31.5. The van der Waals surface area contributed by atoms with Crippen molar-refractivity contribution < 1.29 is 18.0 Å². The zero-order valence-electron chi connectivity index (χ0n) is 21.8. The van der Waals surface area contributed by atoms with Crippen LogP contribution in [0.1, 0.15) is 35.3 Å². The zero-order valence-corrected chi connectivity index (χ0v) is 21.8. The van der Waals surface area contributed by atoms with Crippen LogP contribution >= 0.6 is 0 Å². The zero-order chi connectivity index (χ0) is 29.3. The molecule has 0 aliphatic heterocycles. The number of aromatic nitrogens is 5. The minimum atomic E-state index is -4.63. The Morgan fingerprint density at radius 2 is 1.71 bits per heavy atom. The molecule has 0 bridgehead atoms. The molecule has 0 saturated carbocycles. The van der Waals surface area contributed by atoms with E-state index in [1.165, 1.54) is 23.0 Å². The van der Waals surface area contributed by atoms with E-state index < -0.39 is 29.5 Å². The molecular formula is C29H22F3N7O2. The summed E-state index contributed by atoms with van der Waals surface area (Å²) in [5, 5.41) is 16.3. The van der Waals surface area contributed by atoms with E-state index in [1.807, 2.05) is 6.07 Å². The monoisotopic (exact) mass is 557 g/mol. The lowest BCUT2D eigenvalue weighted by molar-refractivity contribution is -0.137. The average Bonchev–Trinajstić information content (AvgIpc) is 3.54. The number of benzene rings is 2. The molecule has 12 heteroatoms. The largest absolute Gasteiger partial charge is 0.416 e. The first-order valence-corrected chi connectivity index (χ1v) is 12.4. The van der Waals surface area contributed by atoms with Crippen molar-refractivity contribution in [3.63, 3.8) is 0 Å². The Morgan fingerprint density at radius 1 is 1.00 bits per heavy atom. The van der Waals surface area contributed by atoms with Crippen LogP contribution in [0.5, 0.6) is 0 Å². The Bertz CT molecular complexity index is 1830. The van der Waals surface area contributed by atoms with E-state index in [4.69, 9.17) is 5.26 Å². The molecule has 0 spiro atoms. The molecule has 206 valence electrons. The van der Waals surface area contributed by atoms with Gasteiger partial charge in [0.15, 0.2) is 0 Å². The molecule has 0 aliphatic rings. The van der Waals surface area contributed by atoms with Gasteiger partial charge in [-0.05, 0) is 80.1 Å². The van der Waals surface area contributed by atoms with Gasteiger partial charge in [-0.25, -0.2) is 18.8 Å². The summed E-state index contributed by atoms with van der Waals surface area (Å²) in [6.45, 7) is 3.28. The lowest BCUT2D eigenvalue weighted by atomic mass is 10.1. The number of halogens is 3. The van der Waals surface area contributed by atoms with E-state index in [9.17, 15) is 22.8 Å². The average molecular weight is 558 g/mol. The Kier molecular flexibility index (Phi) is 7.03. The lowest BCUT2D eigenvalue weighted by Gasteiger charge is -2.16. The number of hydrogen-bond donors (Lipinski definition) is 1. The predicted octanol–water partition coefficient (Wildman–Crippen LogP) is 5.40. The summed E-state index contributed by atoms with van der Waals surface area (Å²) in [6, 6.07) is 16.6. The normalized spacial score (nSPS) is 12.1. The first-order valence-electron chi connectivity index (χ1n) is 12.4. The highest BCUT2D eigenvalue weighted by Gasteiger charge is 2.32. The number of imidazole rings is 1. The van der Waals surface area contributed by atoms with Crippen LogP contribution in [-0.4, -0.2) is 29.9 Å². The number of nitrogens with one attached hydrogen (secondary N) is 1. The fraction of sp³-hybridized carbons (Fsp3) is 0.138. The second kappa shape index (κ2) is 10.6. The minimum absolute atomic E-state index is 0.0539. The number of hydrogen-bond acceptors (Lipinski definition) is 5. The van der Waals surface area contributed by atoms with E-state index in [-0.39, 0.29) is 17.1 Å². The maximum atomic E-state index is 13.9. The molecule has 0 fully saturated rings. The fourth-order valence-corrected chi connectivity index (χ4v) is 4.57. The number of rotatable bonds is 5. The van der Waals surface area contributed by atoms with Crippen LogP contribution in [-0.2, 0) is 6.18 Å². The highest BCUT2D eigenvalue weighted by atomic mass is 19.4. The molecule has 3 heterocycles. The Hall–Kier alpha value is -5.44. The number of pyridine rings is 1. The van der Waals surface area contributed by atoms with Crippen LogP contribution in [0.4, 0.5) is 18.0 Å². The number of nitriles is 1. The number of amides is 1. The van der Waals surface area contributed by atoms with Crippen LogP contribution in [0.15, 0.2) is 90.1 Å². The standard InChI is InChI=1S/C29H22F3N7O2/c1-18(21-10-13-34-14-11-21)36-27(40)38-26(25-12-15-35-39(25)23-8-6-20(17-33)7-9-23)19(2)37(28(38)41)24-5-3-4-22(16-24)29(30,31)32/h3-16,18H,1-2H3,(H,36,40)/t18-/m1/s1. The van der Waals surface area contributed by atoms with Gasteiger partial charge in [-0.1, -0.05) is 6.07 Å². The fourth-order valence-electron chi connectivity index (χ4n) is 4.57. The molecule has 5 aromatic rings. The second-order valence-electron chi connectivity index (χ2n) is 9.17. The molecule has 5 rings (SSSR count). The minimum Gasteiger partial charge on any atom is -0.331 e. The van der Waals surface area contributed by atoms with E-state index in [0.29, 0.717) is 16.9 Å². The van der Waals surface area contributed by atoms with Gasteiger partial charge in [0.05, 0.1) is 52.2 Å². The van der Waals surface area contributed by atoms with Gasteiger partial charge in [-0.2, -0.15) is 23.5 Å². The number of alkyl halides is 3. The van der Waals surface area contributed by atoms with Gasteiger partial charge in [0.2, 0.25) is 0 Å². The van der Waals surface area contributed by atoms with Crippen LogP contribution in [0.3, 0.4) is 0 Å². The van der Waals surface area contributed by atoms with Crippen molar-refractivity contribution in [2.24, 2.45) is 0 Å². The summed E-state index contributed by atoms with van der Waals surface area (Å²) in [7, 11) is 0. The van der Waals surface area contributed by atoms with Gasteiger partial charge in [0.1, 0.15) is 5.69 Å². The van der Waals surface area contributed by atoms with Gasteiger partial charge in [0, 0.05) is 12.4 Å². The van der Waals surface area contributed by atoms with Gasteiger partial charge in [-0.15, -0.1) is 0 Å². The molecule has 0 radical (unpaired) electrons. The maximum absolute atomic E-state index is 13.9. The molecule has 3 aromatic heterocycles. The molecular weight excluding hydrogens is 535 g/mol. The molecule has 1 atom stereocenters. The highest BCUT2D eigenvalue weighted by molar-refractivity contribution is 5.83. The van der Waals surface area contributed by atoms with Gasteiger partial charge in [0.25, 0.3) is 0 Å². The third-order valence-corrected chi connectivity index (χ3v) is 6.59. The maximum Gasteiger partial charge on any atom is 0.416 e. The van der Waals surface area contributed by atoms with Gasteiger partial charge < -0.3 is 5.32 Å². The first kappa shape index (κ1) is 27.1. The van der Waals surface area contributed by atoms with E-state index in [2.05, 4.69) is 15.4 Å². The quantitative estimate of drug-likeness (QED) is 0.311. The lowest BCUT2D eigenvalue weighted by Crippen LogP contribution is -2.38. The number of carbonyl (C=O) groups excluding carboxylic acids is 1. The molecule has 0 saturated heterocycles. The molecule has 0 aliphatic carbocycles. The smallest absolute Gasteiger partial charge is 0.331 e. The Balaban J connectivity index is 1.70. The van der Waals surface area contributed by atoms with Crippen molar-refractivity contribution in [2.45, 2.75) is 26.1 Å². The number of carbonyl (C=O) groups is 1. The Morgan fingerprint density at radius 3 is 2.37 bits per heavy atom. The SMILES string of the molecule is Cc1c(-c2ccnn2-c2ccc(C#N)cc2)n(C(=O)N[C@H](C)c2ccncc2)c(=O)n1-c1cccc(C(F)(F)F)c1. The summed E-state index contributed by atoms with van der Waals surface area (Å²) < 4.78 is 44.0. The highest BCUT2D eigenvalue weighted by Crippen LogP contribution is 2.32. The summed E-state index contributed by atoms with van der Waals surface area (Å²) in [6.07, 6.45) is -0.0225. The van der Waals surface area contributed by atoms with Gasteiger partial charge >= 0.3 is 17.9 Å². The predicted molar refractivity (Wildman–Crippen MR) is 144 cm³/mol. The van der Waals surface area contributed by atoms with E-state index in [0.717, 1.165) is 26.8 Å². The molecule has 1 amide bonds. The van der Waals surface area contributed by atoms with Crippen LogP contribution in [0, 0.1) is 18.3 Å². The molecule has 0 unspecified atom stereocenters. The van der Waals surface area contributed by atoms with E-state index >= 15 is 0 Å². The number of nitrogens with zero attached hydrogens (tertiary/aromatic N) is 6. The third kappa shape index (κ3) is 5.12. The molecule has 1 N–H and O–H groups in total. The Labute approximate surface area is 231 Å². The van der Waals surface area contributed by atoms with Crippen molar-refractivity contribution in [1.29, 1.82) is 5.26 Å². The van der Waals surface area contributed by atoms with Crippen LogP contribution in [0.2, 0.25) is 0 Å². The van der Waals surface area contributed by atoms with Crippen molar-refractivity contribution in [1.82, 2.24) is 29.2 Å².